The lowest BCUT2D eigenvalue weighted by atomic mass is 9.86. The lowest BCUT2D eigenvalue weighted by Gasteiger charge is -2.20. The Morgan fingerprint density at radius 1 is 1.22 bits per heavy atom. The lowest BCUT2D eigenvalue weighted by Crippen LogP contribution is -2.17. The van der Waals surface area contributed by atoms with E-state index in [2.05, 4.69) is 19.9 Å². The molecule has 4 rings (SSSR count). The average Bonchev–Trinajstić information content (AvgIpc) is 3.21. The van der Waals surface area contributed by atoms with Gasteiger partial charge in [0.25, 0.3) is 0 Å². The zero-order valence-corrected chi connectivity index (χ0v) is 16.4. The summed E-state index contributed by atoms with van der Waals surface area (Å²) in [4.78, 5) is 24.3. The third-order valence-electron chi connectivity index (χ3n) is 6.54. The molecule has 144 valence electrons. The highest BCUT2D eigenvalue weighted by molar-refractivity contribution is 5.82. The number of hydrogen-bond acceptors (Lipinski definition) is 4. The van der Waals surface area contributed by atoms with Crippen LogP contribution in [0.3, 0.4) is 0 Å². The van der Waals surface area contributed by atoms with E-state index in [0.717, 1.165) is 22.4 Å². The molecule has 0 radical (unpaired) electrons. The summed E-state index contributed by atoms with van der Waals surface area (Å²) in [6.45, 7) is 6.43. The van der Waals surface area contributed by atoms with Crippen molar-refractivity contribution < 1.29 is 13.9 Å². The summed E-state index contributed by atoms with van der Waals surface area (Å²) in [6, 6.07) is 5.43. The number of hydrogen-bond donors (Lipinski definition) is 0. The summed E-state index contributed by atoms with van der Waals surface area (Å²) in [7, 11) is 0. The summed E-state index contributed by atoms with van der Waals surface area (Å²) in [5, 5.41) is 0.858. The van der Waals surface area contributed by atoms with Crippen LogP contribution in [-0.4, -0.2) is 5.97 Å². The Labute approximate surface area is 159 Å². The van der Waals surface area contributed by atoms with Gasteiger partial charge in [0.15, 0.2) is 0 Å². The molecule has 3 atom stereocenters. The van der Waals surface area contributed by atoms with Crippen molar-refractivity contribution in [2.75, 3.05) is 0 Å². The molecule has 2 saturated carbocycles. The van der Waals surface area contributed by atoms with E-state index in [4.69, 9.17) is 9.15 Å². The number of ether oxygens (including phenoxy) is 1. The quantitative estimate of drug-likeness (QED) is 0.544. The standard InChI is InChI=1S/C23H28O4/c1-13(2)19-11-20-18(10-23(25)27-21(20)6-14(19)3)12-26-22(24)9-17-8-15-4-5-16(17)7-15/h6,10-11,13,15-17H,4-5,7-9,12H2,1-3H3. The molecule has 3 unspecified atom stereocenters. The predicted molar refractivity (Wildman–Crippen MR) is 105 cm³/mol. The van der Waals surface area contributed by atoms with Crippen molar-refractivity contribution in [1.29, 1.82) is 0 Å². The largest absolute Gasteiger partial charge is 0.461 e. The van der Waals surface area contributed by atoms with Crippen molar-refractivity contribution in [3.05, 3.63) is 45.3 Å². The van der Waals surface area contributed by atoms with Crippen LogP contribution in [0.2, 0.25) is 0 Å². The highest BCUT2D eigenvalue weighted by Crippen LogP contribution is 2.49. The first-order valence-corrected chi connectivity index (χ1v) is 10.1. The van der Waals surface area contributed by atoms with E-state index in [0.29, 0.717) is 29.8 Å². The molecule has 0 aliphatic heterocycles. The van der Waals surface area contributed by atoms with E-state index >= 15 is 0 Å². The molecule has 4 heteroatoms. The molecule has 2 aromatic rings. The molecule has 2 aliphatic carbocycles. The van der Waals surface area contributed by atoms with Gasteiger partial charge in [0, 0.05) is 23.4 Å². The van der Waals surface area contributed by atoms with Crippen LogP contribution in [0.4, 0.5) is 0 Å². The normalized spacial score (nSPS) is 24.1. The van der Waals surface area contributed by atoms with E-state index in [1.54, 1.807) is 0 Å². The summed E-state index contributed by atoms with van der Waals surface area (Å²) in [5.41, 5.74) is 3.20. The molecular weight excluding hydrogens is 340 g/mol. The zero-order valence-electron chi connectivity index (χ0n) is 16.4. The second-order valence-corrected chi connectivity index (χ2v) is 8.75. The summed E-state index contributed by atoms with van der Waals surface area (Å²) < 4.78 is 10.9. The van der Waals surface area contributed by atoms with Crippen molar-refractivity contribution in [2.24, 2.45) is 17.8 Å². The van der Waals surface area contributed by atoms with Crippen molar-refractivity contribution in [1.82, 2.24) is 0 Å². The molecule has 27 heavy (non-hydrogen) atoms. The molecule has 1 aromatic heterocycles. The maximum Gasteiger partial charge on any atom is 0.336 e. The van der Waals surface area contributed by atoms with Crippen LogP contribution in [0.1, 0.15) is 68.6 Å². The van der Waals surface area contributed by atoms with Crippen LogP contribution < -0.4 is 5.63 Å². The van der Waals surface area contributed by atoms with Gasteiger partial charge >= 0.3 is 11.6 Å². The number of benzene rings is 1. The molecule has 2 bridgehead atoms. The zero-order chi connectivity index (χ0) is 19.1. The minimum atomic E-state index is -0.404. The summed E-state index contributed by atoms with van der Waals surface area (Å²) >= 11 is 0. The first-order valence-electron chi connectivity index (χ1n) is 10.1. The smallest absolute Gasteiger partial charge is 0.336 e. The van der Waals surface area contributed by atoms with E-state index in [-0.39, 0.29) is 12.6 Å². The Balaban J connectivity index is 1.51. The van der Waals surface area contributed by atoms with Crippen molar-refractivity contribution >= 4 is 16.9 Å². The SMILES string of the molecule is Cc1cc2oc(=O)cc(COC(=O)CC3CC4CCC3C4)c2cc1C(C)C. The fourth-order valence-corrected chi connectivity index (χ4v) is 5.19. The van der Waals surface area contributed by atoms with Gasteiger partial charge in [-0.15, -0.1) is 0 Å². The van der Waals surface area contributed by atoms with Gasteiger partial charge < -0.3 is 9.15 Å². The van der Waals surface area contributed by atoms with Gasteiger partial charge in [-0.3, -0.25) is 4.79 Å². The third-order valence-corrected chi connectivity index (χ3v) is 6.54. The van der Waals surface area contributed by atoms with Gasteiger partial charge in [-0.1, -0.05) is 20.3 Å². The van der Waals surface area contributed by atoms with Crippen LogP contribution in [0.25, 0.3) is 11.0 Å². The molecule has 2 aliphatic rings. The van der Waals surface area contributed by atoms with E-state index < -0.39 is 5.63 Å². The van der Waals surface area contributed by atoms with Gasteiger partial charge in [0.05, 0.1) is 0 Å². The third kappa shape index (κ3) is 3.67. The maximum atomic E-state index is 12.4. The van der Waals surface area contributed by atoms with Gasteiger partial charge in [-0.2, -0.15) is 0 Å². The van der Waals surface area contributed by atoms with Gasteiger partial charge in [0.2, 0.25) is 0 Å². The Hall–Kier alpha value is -2.10. The Kier molecular flexibility index (Phi) is 4.83. The van der Waals surface area contributed by atoms with Crippen LogP contribution >= 0.6 is 0 Å². The van der Waals surface area contributed by atoms with Crippen molar-refractivity contribution in [3.63, 3.8) is 0 Å². The van der Waals surface area contributed by atoms with Gasteiger partial charge in [-0.05, 0) is 73.1 Å². The van der Waals surface area contributed by atoms with Crippen LogP contribution in [-0.2, 0) is 16.1 Å². The molecule has 0 spiro atoms. The van der Waals surface area contributed by atoms with Crippen molar-refractivity contribution in [3.8, 4) is 0 Å². The number of carbonyl (C=O) groups excluding carboxylic acids is 1. The minimum Gasteiger partial charge on any atom is -0.461 e. The first kappa shape index (κ1) is 18.3. The molecular formula is C23H28O4. The van der Waals surface area contributed by atoms with Crippen LogP contribution in [0.15, 0.2) is 27.4 Å². The maximum absolute atomic E-state index is 12.4. The molecule has 4 nitrogen and oxygen atoms in total. The van der Waals surface area contributed by atoms with Gasteiger partial charge in [0.1, 0.15) is 12.2 Å². The molecule has 0 saturated heterocycles. The first-order chi connectivity index (χ1) is 12.9. The van der Waals surface area contributed by atoms with Crippen LogP contribution in [0.5, 0.6) is 0 Å². The van der Waals surface area contributed by atoms with E-state index in [9.17, 15) is 9.59 Å². The number of rotatable bonds is 5. The monoisotopic (exact) mass is 368 g/mol. The highest BCUT2D eigenvalue weighted by Gasteiger charge is 2.40. The average molecular weight is 368 g/mol. The molecule has 1 heterocycles. The summed E-state index contributed by atoms with van der Waals surface area (Å²) in [5.74, 6) is 2.25. The fraction of sp³-hybridized carbons (Fsp3) is 0.565. The number of carbonyl (C=O) groups is 1. The Morgan fingerprint density at radius 2 is 2.04 bits per heavy atom. The number of esters is 1. The van der Waals surface area contributed by atoms with Gasteiger partial charge in [-0.25, -0.2) is 4.79 Å². The second-order valence-electron chi connectivity index (χ2n) is 8.75. The summed E-state index contributed by atoms with van der Waals surface area (Å²) in [6.07, 6.45) is 5.58. The molecule has 0 N–H and O–H groups in total. The Bertz CT molecular complexity index is 924. The van der Waals surface area contributed by atoms with E-state index in [1.165, 1.54) is 37.3 Å². The molecule has 1 aromatic carbocycles. The second kappa shape index (κ2) is 7.14. The highest BCUT2D eigenvalue weighted by atomic mass is 16.5. The van der Waals surface area contributed by atoms with E-state index in [1.807, 2.05) is 13.0 Å². The topological polar surface area (TPSA) is 56.5 Å². The molecule has 0 amide bonds. The lowest BCUT2D eigenvalue weighted by molar-refractivity contribution is -0.146. The number of aryl methyl sites for hydroxylation is 1. The fourth-order valence-electron chi connectivity index (χ4n) is 5.19. The molecule has 2 fully saturated rings. The number of fused-ring (bicyclic) bond motifs is 3. The Morgan fingerprint density at radius 3 is 2.70 bits per heavy atom. The van der Waals surface area contributed by atoms with Crippen LogP contribution in [0, 0.1) is 24.7 Å². The van der Waals surface area contributed by atoms with Crippen molar-refractivity contribution in [2.45, 2.75) is 65.4 Å². The minimum absolute atomic E-state index is 0.127. The predicted octanol–water partition coefficient (Wildman–Crippen LogP) is 5.09.